The Morgan fingerprint density at radius 3 is 2.65 bits per heavy atom. The maximum atomic E-state index is 13.2. The van der Waals surface area contributed by atoms with E-state index in [9.17, 15) is 14.0 Å². The monoisotopic (exact) mass is 384 g/mol. The normalized spacial score (nSPS) is 16.9. The maximum absolute atomic E-state index is 13.2. The highest BCUT2D eigenvalue weighted by molar-refractivity contribution is 7.99. The molecule has 0 N–H and O–H groups in total. The molecule has 0 bridgehead atoms. The second-order valence-corrected chi connectivity index (χ2v) is 7.18. The number of hydrogen-bond acceptors (Lipinski definition) is 6. The van der Waals surface area contributed by atoms with Gasteiger partial charge in [-0.15, -0.1) is 11.8 Å². The molecule has 144 valence electrons. The van der Waals surface area contributed by atoms with Crippen LogP contribution in [0, 0.1) is 5.82 Å². The Bertz CT molecular complexity index is 599. The second-order valence-electron chi connectivity index (χ2n) is 5.99. The largest absolute Gasteiger partial charge is 0.468 e. The van der Waals surface area contributed by atoms with E-state index in [1.54, 1.807) is 40.8 Å². The Hall–Kier alpha value is -1.64. The lowest BCUT2D eigenvalue weighted by Gasteiger charge is -2.28. The van der Waals surface area contributed by atoms with E-state index in [-0.39, 0.29) is 36.2 Å². The fourth-order valence-corrected chi connectivity index (χ4v) is 4.08. The zero-order chi connectivity index (χ0) is 18.9. The average Bonchev–Trinajstić information content (AvgIpc) is 3.12. The van der Waals surface area contributed by atoms with Gasteiger partial charge in [0.05, 0.1) is 20.2 Å². The van der Waals surface area contributed by atoms with Crippen LogP contribution in [0.4, 0.5) is 4.39 Å². The first-order valence-electron chi connectivity index (χ1n) is 8.49. The number of carbonyl (C=O) groups excluding carboxylic acids is 2. The van der Waals surface area contributed by atoms with E-state index in [1.165, 1.54) is 19.2 Å². The van der Waals surface area contributed by atoms with Gasteiger partial charge >= 0.3 is 5.97 Å². The summed E-state index contributed by atoms with van der Waals surface area (Å²) < 4.78 is 22.9. The molecular weight excluding hydrogens is 359 g/mol. The van der Waals surface area contributed by atoms with Crippen molar-refractivity contribution in [2.45, 2.75) is 11.8 Å². The summed E-state index contributed by atoms with van der Waals surface area (Å²) >= 11 is 1.66. The predicted octanol–water partition coefficient (Wildman–Crippen LogP) is 1.91. The number of halogens is 1. The van der Waals surface area contributed by atoms with Gasteiger partial charge in [-0.1, -0.05) is 12.1 Å². The lowest BCUT2D eigenvalue weighted by Crippen LogP contribution is -2.42. The Balaban J connectivity index is 2.01. The van der Waals surface area contributed by atoms with Gasteiger partial charge in [-0.3, -0.25) is 14.5 Å². The number of ether oxygens (including phenoxy) is 2. The fraction of sp³-hybridized carbons (Fsp3) is 0.556. The third kappa shape index (κ3) is 5.96. The third-order valence-corrected chi connectivity index (χ3v) is 5.39. The molecule has 0 radical (unpaired) electrons. The predicted molar refractivity (Wildman–Crippen MR) is 98.3 cm³/mol. The molecule has 6 nitrogen and oxygen atoms in total. The summed E-state index contributed by atoms with van der Waals surface area (Å²) in [5.41, 5.74) is 0.904. The third-order valence-electron chi connectivity index (χ3n) is 4.13. The molecule has 1 aliphatic heterocycles. The van der Waals surface area contributed by atoms with E-state index in [1.807, 2.05) is 0 Å². The van der Waals surface area contributed by atoms with Crippen LogP contribution >= 0.6 is 11.8 Å². The number of thioether (sulfide) groups is 1. The average molecular weight is 384 g/mol. The molecule has 1 aromatic carbocycles. The van der Waals surface area contributed by atoms with Crippen LogP contribution < -0.4 is 0 Å². The summed E-state index contributed by atoms with van der Waals surface area (Å²) in [5.74, 6) is 0.109. The number of rotatable bonds is 9. The van der Waals surface area contributed by atoms with E-state index in [0.29, 0.717) is 19.7 Å². The minimum absolute atomic E-state index is 0.0503. The second kappa shape index (κ2) is 10.5. The summed E-state index contributed by atoms with van der Waals surface area (Å²) in [5, 5.41) is -0.123. The quantitative estimate of drug-likeness (QED) is 0.479. The van der Waals surface area contributed by atoms with Crippen LogP contribution in [-0.2, 0) is 19.1 Å². The molecule has 1 aromatic rings. The van der Waals surface area contributed by atoms with Crippen molar-refractivity contribution in [3.05, 3.63) is 35.6 Å². The molecule has 1 amide bonds. The van der Waals surface area contributed by atoms with Crippen LogP contribution in [0.1, 0.15) is 17.4 Å². The van der Waals surface area contributed by atoms with E-state index < -0.39 is 0 Å². The van der Waals surface area contributed by atoms with E-state index >= 15 is 0 Å². The first-order chi connectivity index (χ1) is 12.5. The Kier molecular flexibility index (Phi) is 8.34. The molecule has 0 aliphatic carbocycles. The summed E-state index contributed by atoms with van der Waals surface area (Å²) in [6, 6.07) is 6.24. The number of benzene rings is 1. The highest BCUT2D eigenvalue weighted by atomic mass is 32.2. The molecule has 1 fully saturated rings. The van der Waals surface area contributed by atoms with Crippen molar-refractivity contribution in [2.75, 3.05) is 52.8 Å². The summed E-state index contributed by atoms with van der Waals surface area (Å²) in [4.78, 5) is 28.0. The smallest absolute Gasteiger partial charge is 0.319 e. The summed E-state index contributed by atoms with van der Waals surface area (Å²) in [6.07, 6.45) is 0.719. The van der Waals surface area contributed by atoms with Gasteiger partial charge in [0, 0.05) is 32.6 Å². The minimum atomic E-state index is -0.374. The molecular formula is C18H25FN2O4S. The van der Waals surface area contributed by atoms with Gasteiger partial charge in [0.15, 0.2) is 0 Å². The zero-order valence-electron chi connectivity index (χ0n) is 15.2. The number of methoxy groups -OCH3 is 2. The first-order valence-corrected chi connectivity index (χ1v) is 9.54. The van der Waals surface area contributed by atoms with Gasteiger partial charge in [0.25, 0.3) is 0 Å². The zero-order valence-corrected chi connectivity index (χ0v) is 16.0. The van der Waals surface area contributed by atoms with Crippen molar-refractivity contribution in [2.24, 2.45) is 0 Å². The van der Waals surface area contributed by atoms with Gasteiger partial charge in [-0.2, -0.15) is 0 Å². The van der Waals surface area contributed by atoms with Gasteiger partial charge in [0.1, 0.15) is 11.2 Å². The highest BCUT2D eigenvalue weighted by Crippen LogP contribution is 2.37. The number of hydrogen-bond donors (Lipinski definition) is 0. The van der Waals surface area contributed by atoms with Crippen molar-refractivity contribution < 1.29 is 23.5 Å². The molecule has 0 spiro atoms. The molecule has 0 saturated carbocycles. The molecule has 1 heterocycles. The van der Waals surface area contributed by atoms with E-state index in [4.69, 9.17) is 9.47 Å². The molecule has 1 saturated heterocycles. The lowest BCUT2D eigenvalue weighted by molar-refractivity contribution is -0.143. The first kappa shape index (κ1) is 20.7. The summed E-state index contributed by atoms with van der Waals surface area (Å²) in [7, 11) is 2.95. The minimum Gasteiger partial charge on any atom is -0.468 e. The van der Waals surface area contributed by atoms with Crippen molar-refractivity contribution in [1.82, 2.24) is 9.80 Å². The molecule has 0 aromatic heterocycles. The topological polar surface area (TPSA) is 59.1 Å². The molecule has 1 unspecified atom stereocenters. The SMILES string of the molecule is COCCCN(CC(=O)OC)CC(=O)N1CCSC1c1ccc(F)cc1. The number of nitrogens with zero attached hydrogens (tertiary/aromatic N) is 2. The van der Waals surface area contributed by atoms with Crippen LogP contribution in [0.25, 0.3) is 0 Å². The molecule has 8 heteroatoms. The fourth-order valence-electron chi connectivity index (χ4n) is 2.80. The molecule has 2 rings (SSSR count). The van der Waals surface area contributed by atoms with Crippen molar-refractivity contribution in [3.63, 3.8) is 0 Å². The maximum Gasteiger partial charge on any atom is 0.319 e. The van der Waals surface area contributed by atoms with Crippen molar-refractivity contribution in [1.29, 1.82) is 0 Å². The molecule has 1 atom stereocenters. The van der Waals surface area contributed by atoms with Crippen molar-refractivity contribution >= 4 is 23.6 Å². The van der Waals surface area contributed by atoms with Crippen LogP contribution in [0.2, 0.25) is 0 Å². The van der Waals surface area contributed by atoms with E-state index in [2.05, 4.69) is 0 Å². The van der Waals surface area contributed by atoms with Crippen LogP contribution in [-0.4, -0.2) is 74.4 Å². The number of amides is 1. The van der Waals surface area contributed by atoms with Gasteiger partial charge < -0.3 is 14.4 Å². The highest BCUT2D eigenvalue weighted by Gasteiger charge is 2.31. The Morgan fingerprint density at radius 1 is 1.27 bits per heavy atom. The standard InChI is InChI=1S/C18H25FN2O4S/c1-24-10-3-8-20(13-17(23)25-2)12-16(22)21-9-11-26-18(21)14-4-6-15(19)7-5-14/h4-7,18H,3,8-13H2,1-2H3. The Morgan fingerprint density at radius 2 is 2.00 bits per heavy atom. The van der Waals surface area contributed by atoms with Crippen LogP contribution in [0.5, 0.6) is 0 Å². The van der Waals surface area contributed by atoms with Gasteiger partial charge in [0.2, 0.25) is 5.91 Å². The van der Waals surface area contributed by atoms with E-state index in [0.717, 1.165) is 17.7 Å². The van der Waals surface area contributed by atoms with Crippen LogP contribution in [0.3, 0.4) is 0 Å². The lowest BCUT2D eigenvalue weighted by atomic mass is 10.2. The molecule has 26 heavy (non-hydrogen) atoms. The van der Waals surface area contributed by atoms with Crippen LogP contribution in [0.15, 0.2) is 24.3 Å². The van der Waals surface area contributed by atoms with Crippen molar-refractivity contribution in [3.8, 4) is 0 Å². The molecule has 1 aliphatic rings. The summed E-state index contributed by atoms with van der Waals surface area (Å²) in [6.45, 7) is 1.96. The Labute approximate surface area is 157 Å². The van der Waals surface area contributed by atoms with Gasteiger partial charge in [-0.25, -0.2) is 4.39 Å². The van der Waals surface area contributed by atoms with Gasteiger partial charge in [-0.05, 0) is 24.1 Å². The number of esters is 1. The number of carbonyl (C=O) groups is 2.